The van der Waals surface area contributed by atoms with Gasteiger partial charge in [-0.05, 0) is 25.0 Å². The fourth-order valence-electron chi connectivity index (χ4n) is 1.97. The zero-order valence-corrected chi connectivity index (χ0v) is 11.1. The maximum atomic E-state index is 10.7. The Kier molecular flexibility index (Phi) is 3.25. The van der Waals surface area contributed by atoms with E-state index < -0.39 is 5.97 Å². The van der Waals surface area contributed by atoms with Crippen LogP contribution in [0.4, 0.5) is 5.13 Å². The summed E-state index contributed by atoms with van der Waals surface area (Å²) >= 11 is 1.50. The summed E-state index contributed by atoms with van der Waals surface area (Å²) in [5.41, 5.74) is 0.623. The molecule has 0 unspecified atom stereocenters. The number of hydrogen-bond acceptors (Lipinski definition) is 5. The van der Waals surface area contributed by atoms with Gasteiger partial charge in [0.25, 0.3) is 0 Å². The maximum absolute atomic E-state index is 10.7. The third-order valence-corrected chi connectivity index (χ3v) is 3.94. The number of furan rings is 1. The molecule has 2 aromatic rings. The van der Waals surface area contributed by atoms with E-state index in [1.54, 1.807) is 6.26 Å². The molecule has 2 heterocycles. The maximum Gasteiger partial charge on any atom is 0.309 e. The van der Waals surface area contributed by atoms with Crippen LogP contribution in [-0.2, 0) is 17.8 Å². The van der Waals surface area contributed by atoms with E-state index in [-0.39, 0.29) is 6.42 Å². The summed E-state index contributed by atoms with van der Waals surface area (Å²) < 4.78 is 5.38. The van der Waals surface area contributed by atoms with Crippen LogP contribution in [0.15, 0.2) is 28.2 Å². The molecule has 5 nitrogen and oxygen atoms in total. The van der Waals surface area contributed by atoms with Crippen molar-refractivity contribution >= 4 is 22.4 Å². The summed E-state index contributed by atoms with van der Waals surface area (Å²) in [6.45, 7) is 0.692. The number of aromatic nitrogens is 1. The second-order valence-corrected chi connectivity index (χ2v) is 5.47. The predicted molar refractivity (Wildman–Crippen MR) is 71.4 cm³/mol. The number of carbonyl (C=O) groups is 1. The fourth-order valence-corrected chi connectivity index (χ4v) is 2.87. The average Bonchev–Trinajstić information content (AvgIpc) is 2.87. The number of hydrogen-bond donors (Lipinski definition) is 1. The van der Waals surface area contributed by atoms with Gasteiger partial charge in [0.15, 0.2) is 5.13 Å². The van der Waals surface area contributed by atoms with Crippen LogP contribution in [0.5, 0.6) is 0 Å². The van der Waals surface area contributed by atoms with Crippen LogP contribution in [-0.4, -0.2) is 22.1 Å². The van der Waals surface area contributed by atoms with Gasteiger partial charge in [-0.15, -0.1) is 11.3 Å². The van der Waals surface area contributed by atoms with Gasteiger partial charge >= 0.3 is 5.97 Å². The van der Waals surface area contributed by atoms with E-state index in [4.69, 9.17) is 9.52 Å². The second-order valence-electron chi connectivity index (χ2n) is 4.63. The first kappa shape index (κ1) is 12.2. The van der Waals surface area contributed by atoms with Crippen molar-refractivity contribution in [3.63, 3.8) is 0 Å². The number of aliphatic carboxylic acids is 1. The largest absolute Gasteiger partial charge is 0.481 e. The molecule has 0 amide bonds. The van der Waals surface area contributed by atoms with E-state index >= 15 is 0 Å². The molecule has 6 heteroatoms. The second kappa shape index (κ2) is 5.05. The third kappa shape index (κ3) is 2.96. The van der Waals surface area contributed by atoms with Crippen molar-refractivity contribution in [3.8, 4) is 0 Å². The van der Waals surface area contributed by atoms with Crippen LogP contribution in [0.25, 0.3) is 0 Å². The van der Waals surface area contributed by atoms with Crippen molar-refractivity contribution in [2.45, 2.75) is 31.8 Å². The molecule has 1 aliphatic rings. The van der Waals surface area contributed by atoms with Crippen LogP contribution in [0.1, 0.15) is 24.3 Å². The van der Waals surface area contributed by atoms with Crippen LogP contribution in [0.2, 0.25) is 0 Å². The van der Waals surface area contributed by atoms with E-state index in [1.807, 2.05) is 17.5 Å². The molecule has 1 fully saturated rings. The minimum Gasteiger partial charge on any atom is -0.481 e. The van der Waals surface area contributed by atoms with Crippen molar-refractivity contribution in [2.24, 2.45) is 0 Å². The monoisotopic (exact) mass is 278 g/mol. The first-order chi connectivity index (χ1) is 9.22. The quantitative estimate of drug-likeness (QED) is 0.879. The molecule has 0 radical (unpaired) electrons. The molecule has 0 bridgehead atoms. The Balaban J connectivity index is 1.76. The Morgan fingerprint density at radius 3 is 3.05 bits per heavy atom. The van der Waals surface area contributed by atoms with E-state index in [0.29, 0.717) is 18.3 Å². The Morgan fingerprint density at radius 1 is 1.58 bits per heavy atom. The third-order valence-electron chi connectivity index (χ3n) is 3.01. The summed E-state index contributed by atoms with van der Waals surface area (Å²) in [6, 6.07) is 4.33. The summed E-state index contributed by atoms with van der Waals surface area (Å²) in [5, 5.41) is 11.5. The SMILES string of the molecule is O=C(O)Cc1csc(N(Cc2ccco2)C2CC2)n1. The Morgan fingerprint density at radius 2 is 2.42 bits per heavy atom. The minimum absolute atomic E-state index is 0.0181. The van der Waals surface area contributed by atoms with Crippen LogP contribution >= 0.6 is 11.3 Å². The molecule has 1 N–H and O–H groups in total. The number of nitrogens with zero attached hydrogens (tertiary/aromatic N) is 2. The lowest BCUT2D eigenvalue weighted by Gasteiger charge is -2.19. The van der Waals surface area contributed by atoms with Crippen LogP contribution in [0.3, 0.4) is 0 Å². The summed E-state index contributed by atoms with van der Waals surface area (Å²) in [7, 11) is 0. The molecular weight excluding hydrogens is 264 g/mol. The molecule has 19 heavy (non-hydrogen) atoms. The Bertz CT molecular complexity index is 560. The molecule has 3 rings (SSSR count). The number of anilines is 1. The number of rotatable bonds is 6. The molecule has 1 aliphatic carbocycles. The topological polar surface area (TPSA) is 66.6 Å². The molecule has 1 saturated carbocycles. The summed E-state index contributed by atoms with van der Waals surface area (Å²) in [5.74, 6) is 0.0581. The Labute approximate surface area is 114 Å². The van der Waals surface area contributed by atoms with Crippen LogP contribution < -0.4 is 4.90 Å². The molecule has 0 aliphatic heterocycles. The van der Waals surface area contributed by atoms with E-state index in [1.165, 1.54) is 11.3 Å². The average molecular weight is 278 g/mol. The van der Waals surface area contributed by atoms with E-state index in [2.05, 4.69) is 9.88 Å². The molecule has 0 aromatic carbocycles. The van der Waals surface area contributed by atoms with Gasteiger partial charge in [0.05, 0.1) is 24.9 Å². The number of carboxylic acid groups (broad SMARTS) is 1. The molecular formula is C13H14N2O3S. The smallest absolute Gasteiger partial charge is 0.309 e. The van der Waals surface area contributed by atoms with Crippen molar-refractivity contribution < 1.29 is 14.3 Å². The zero-order valence-electron chi connectivity index (χ0n) is 10.3. The van der Waals surface area contributed by atoms with Gasteiger partial charge in [0.2, 0.25) is 0 Å². The summed E-state index contributed by atoms with van der Waals surface area (Å²) in [4.78, 5) is 17.3. The van der Waals surface area contributed by atoms with Gasteiger partial charge in [0.1, 0.15) is 5.76 Å². The number of carboxylic acids is 1. The van der Waals surface area contributed by atoms with Crippen LogP contribution in [0, 0.1) is 0 Å². The molecule has 100 valence electrons. The standard InChI is InChI=1S/C13H14N2O3S/c16-12(17)6-9-8-19-13(14-9)15(10-3-4-10)7-11-2-1-5-18-11/h1-2,5,8,10H,3-4,6-7H2,(H,16,17). The highest BCUT2D eigenvalue weighted by Gasteiger charge is 2.31. The first-order valence-electron chi connectivity index (χ1n) is 6.17. The Hall–Kier alpha value is -1.82. The zero-order chi connectivity index (χ0) is 13.2. The predicted octanol–water partition coefficient (Wildman–Crippen LogP) is 2.53. The highest BCUT2D eigenvalue weighted by Crippen LogP contribution is 2.34. The lowest BCUT2D eigenvalue weighted by molar-refractivity contribution is -0.136. The van der Waals surface area contributed by atoms with Gasteiger partial charge < -0.3 is 14.4 Å². The van der Waals surface area contributed by atoms with Crippen molar-refractivity contribution in [1.29, 1.82) is 0 Å². The lowest BCUT2D eigenvalue weighted by atomic mass is 10.3. The summed E-state index contributed by atoms with van der Waals surface area (Å²) in [6.07, 6.45) is 3.97. The lowest BCUT2D eigenvalue weighted by Crippen LogP contribution is -2.24. The highest BCUT2D eigenvalue weighted by molar-refractivity contribution is 7.13. The van der Waals surface area contributed by atoms with Crippen molar-refractivity contribution in [3.05, 3.63) is 35.2 Å². The number of thiazole rings is 1. The fraction of sp³-hybridized carbons (Fsp3) is 0.385. The van der Waals surface area contributed by atoms with E-state index in [9.17, 15) is 4.79 Å². The van der Waals surface area contributed by atoms with Gasteiger partial charge in [-0.3, -0.25) is 4.79 Å². The molecule has 0 spiro atoms. The van der Waals surface area contributed by atoms with Gasteiger partial charge in [-0.1, -0.05) is 0 Å². The molecule has 2 aromatic heterocycles. The van der Waals surface area contributed by atoms with Crippen molar-refractivity contribution in [2.75, 3.05) is 4.90 Å². The first-order valence-corrected chi connectivity index (χ1v) is 7.05. The highest BCUT2D eigenvalue weighted by atomic mass is 32.1. The van der Waals surface area contributed by atoms with Gasteiger partial charge in [-0.2, -0.15) is 0 Å². The molecule has 0 atom stereocenters. The van der Waals surface area contributed by atoms with Crippen molar-refractivity contribution in [1.82, 2.24) is 4.98 Å². The van der Waals surface area contributed by atoms with Gasteiger partial charge in [-0.25, -0.2) is 4.98 Å². The van der Waals surface area contributed by atoms with Gasteiger partial charge in [0, 0.05) is 11.4 Å². The normalized spacial score (nSPS) is 14.5. The molecule has 0 saturated heterocycles. The minimum atomic E-state index is -0.846. The van der Waals surface area contributed by atoms with E-state index in [0.717, 1.165) is 23.7 Å².